The minimum Gasteiger partial charge on any atom is -0.441 e. The molecule has 3 heterocycles. The second kappa shape index (κ2) is 6.64. The van der Waals surface area contributed by atoms with Crippen molar-refractivity contribution in [2.75, 3.05) is 13.1 Å². The van der Waals surface area contributed by atoms with Gasteiger partial charge in [-0.15, -0.1) is 0 Å². The Hall–Kier alpha value is -2.25. The first-order chi connectivity index (χ1) is 13.8. The molecule has 2 fully saturated rings. The Morgan fingerprint density at radius 1 is 1.31 bits per heavy atom. The van der Waals surface area contributed by atoms with Crippen LogP contribution in [0.4, 0.5) is 4.79 Å². The molecule has 2 aliphatic heterocycles. The van der Waals surface area contributed by atoms with Crippen molar-refractivity contribution in [2.45, 2.75) is 30.9 Å². The average Bonchev–Trinajstić information content (AvgIpc) is 3.27. The SMILES string of the molecule is Cn1ncc(Cl)c1CC1c2cc(Cl)ccc2C(=O)N1CC1CC2(CNC(=O)O2)C1. The predicted octanol–water partition coefficient (Wildman–Crippen LogP) is 3.36. The van der Waals surface area contributed by atoms with Crippen LogP contribution in [-0.4, -0.2) is 45.4 Å². The molecule has 1 unspecified atom stereocenters. The number of ether oxygens (including phenoxy) is 1. The molecule has 1 saturated heterocycles. The second-order valence-corrected chi connectivity index (χ2v) is 9.02. The van der Waals surface area contributed by atoms with Crippen molar-refractivity contribution in [3.63, 3.8) is 0 Å². The molecular formula is C20H20Cl2N4O3. The van der Waals surface area contributed by atoms with Crippen LogP contribution in [0.2, 0.25) is 10.0 Å². The van der Waals surface area contributed by atoms with E-state index in [1.54, 1.807) is 23.0 Å². The van der Waals surface area contributed by atoms with Crippen LogP contribution in [-0.2, 0) is 18.2 Å². The Kier molecular flexibility index (Phi) is 4.29. The van der Waals surface area contributed by atoms with E-state index in [2.05, 4.69) is 10.4 Å². The van der Waals surface area contributed by atoms with Gasteiger partial charge in [0.1, 0.15) is 5.60 Å². The maximum Gasteiger partial charge on any atom is 0.407 e. The quantitative estimate of drug-likeness (QED) is 0.799. The summed E-state index contributed by atoms with van der Waals surface area (Å²) < 4.78 is 7.17. The molecule has 0 bridgehead atoms. The molecule has 1 saturated carbocycles. The number of amides is 2. The van der Waals surface area contributed by atoms with Crippen molar-refractivity contribution in [2.24, 2.45) is 13.0 Å². The van der Waals surface area contributed by atoms with E-state index in [1.165, 1.54) is 0 Å². The smallest absolute Gasteiger partial charge is 0.407 e. The van der Waals surface area contributed by atoms with Crippen molar-refractivity contribution < 1.29 is 14.3 Å². The van der Waals surface area contributed by atoms with Gasteiger partial charge in [-0.3, -0.25) is 9.48 Å². The van der Waals surface area contributed by atoms with Crippen molar-refractivity contribution >= 4 is 35.2 Å². The Labute approximate surface area is 177 Å². The van der Waals surface area contributed by atoms with Crippen LogP contribution >= 0.6 is 23.2 Å². The third-order valence-electron chi connectivity index (χ3n) is 6.28. The molecule has 5 rings (SSSR count). The zero-order valence-corrected chi connectivity index (χ0v) is 17.3. The van der Waals surface area contributed by atoms with E-state index in [1.807, 2.05) is 18.0 Å². The number of hydrogen-bond acceptors (Lipinski definition) is 4. The van der Waals surface area contributed by atoms with E-state index < -0.39 is 5.60 Å². The normalized spacial score (nSPS) is 27.8. The summed E-state index contributed by atoms with van der Waals surface area (Å²) >= 11 is 12.6. The van der Waals surface area contributed by atoms with Gasteiger partial charge >= 0.3 is 6.09 Å². The van der Waals surface area contributed by atoms with E-state index in [4.69, 9.17) is 27.9 Å². The maximum atomic E-state index is 13.2. The van der Waals surface area contributed by atoms with Crippen LogP contribution in [0, 0.1) is 5.92 Å². The number of nitrogens with one attached hydrogen (secondary N) is 1. The lowest BCUT2D eigenvalue weighted by atomic mass is 9.70. The van der Waals surface area contributed by atoms with Crippen LogP contribution in [0.25, 0.3) is 0 Å². The van der Waals surface area contributed by atoms with Gasteiger partial charge in [-0.05, 0) is 42.5 Å². The van der Waals surface area contributed by atoms with Crippen LogP contribution in [0.15, 0.2) is 24.4 Å². The lowest BCUT2D eigenvalue weighted by Crippen LogP contribution is -2.51. The minimum absolute atomic E-state index is 0.00227. The van der Waals surface area contributed by atoms with E-state index in [9.17, 15) is 9.59 Å². The minimum atomic E-state index is -0.401. The Morgan fingerprint density at radius 2 is 2.10 bits per heavy atom. The van der Waals surface area contributed by atoms with Gasteiger partial charge in [0.05, 0.1) is 29.5 Å². The number of rotatable bonds is 4. The molecular weight excluding hydrogens is 415 g/mol. The number of aryl methyl sites for hydroxylation is 1. The molecule has 7 nitrogen and oxygen atoms in total. The number of carbonyl (C=O) groups is 2. The molecule has 1 N–H and O–H groups in total. The number of hydrogen-bond donors (Lipinski definition) is 1. The zero-order chi connectivity index (χ0) is 20.3. The van der Waals surface area contributed by atoms with Gasteiger partial charge in [0, 0.05) is 30.6 Å². The predicted molar refractivity (Wildman–Crippen MR) is 107 cm³/mol. The monoisotopic (exact) mass is 434 g/mol. The molecule has 1 atom stereocenters. The summed E-state index contributed by atoms with van der Waals surface area (Å²) in [6.07, 6.45) is 3.33. The van der Waals surface area contributed by atoms with Gasteiger partial charge in [0.15, 0.2) is 0 Å². The van der Waals surface area contributed by atoms with Gasteiger partial charge in [0.25, 0.3) is 5.91 Å². The molecule has 1 aromatic carbocycles. The summed E-state index contributed by atoms with van der Waals surface area (Å²) in [5.41, 5.74) is 2.08. The van der Waals surface area contributed by atoms with E-state index in [0.29, 0.717) is 35.1 Å². The summed E-state index contributed by atoms with van der Waals surface area (Å²) in [6, 6.07) is 5.25. The van der Waals surface area contributed by atoms with Gasteiger partial charge < -0.3 is 15.0 Å². The molecule has 1 aliphatic carbocycles. The van der Waals surface area contributed by atoms with Crippen molar-refractivity contribution in [1.29, 1.82) is 0 Å². The summed E-state index contributed by atoms with van der Waals surface area (Å²) in [6.45, 7) is 1.14. The Balaban J connectivity index is 1.40. The topological polar surface area (TPSA) is 76.5 Å². The summed E-state index contributed by atoms with van der Waals surface area (Å²) in [5.74, 6) is 0.281. The standard InChI is InChI=1S/C20H20Cl2N4O3/c1-25-17(15(22)8-24-25)5-16-14-4-12(21)2-3-13(14)18(27)26(16)9-11-6-20(7-11)10-23-19(28)29-20/h2-4,8,11,16H,5-7,9-10H2,1H3,(H,23,28). The zero-order valence-electron chi connectivity index (χ0n) is 15.8. The summed E-state index contributed by atoms with van der Waals surface area (Å²) in [5, 5.41) is 8.13. The third-order valence-corrected chi connectivity index (χ3v) is 6.83. The number of nitrogens with zero attached hydrogens (tertiary/aromatic N) is 3. The molecule has 29 heavy (non-hydrogen) atoms. The molecule has 2 aromatic rings. The lowest BCUT2D eigenvalue weighted by Gasteiger charge is -2.44. The number of benzene rings is 1. The largest absolute Gasteiger partial charge is 0.441 e. The van der Waals surface area contributed by atoms with Crippen LogP contribution in [0.5, 0.6) is 0 Å². The Morgan fingerprint density at radius 3 is 2.76 bits per heavy atom. The molecule has 152 valence electrons. The summed E-state index contributed by atoms with van der Waals surface area (Å²) in [7, 11) is 1.85. The number of fused-ring (bicyclic) bond motifs is 1. The highest BCUT2D eigenvalue weighted by atomic mass is 35.5. The van der Waals surface area contributed by atoms with Crippen molar-refractivity contribution in [3.05, 3.63) is 51.3 Å². The van der Waals surface area contributed by atoms with E-state index >= 15 is 0 Å². The number of alkyl carbamates (subject to hydrolysis) is 1. The number of carbonyl (C=O) groups excluding carboxylic acids is 2. The number of aromatic nitrogens is 2. The first-order valence-electron chi connectivity index (χ1n) is 9.59. The Bertz CT molecular complexity index is 996. The fourth-order valence-electron chi connectivity index (χ4n) is 4.88. The van der Waals surface area contributed by atoms with Crippen LogP contribution in [0.3, 0.4) is 0 Å². The second-order valence-electron chi connectivity index (χ2n) is 8.17. The van der Waals surface area contributed by atoms with Crippen molar-refractivity contribution in [3.8, 4) is 0 Å². The highest BCUT2D eigenvalue weighted by Crippen LogP contribution is 2.46. The molecule has 1 aromatic heterocycles. The van der Waals surface area contributed by atoms with E-state index in [-0.39, 0.29) is 24.0 Å². The van der Waals surface area contributed by atoms with Gasteiger partial charge in [0.2, 0.25) is 0 Å². The summed E-state index contributed by atoms with van der Waals surface area (Å²) in [4.78, 5) is 26.5. The lowest BCUT2D eigenvalue weighted by molar-refractivity contribution is -0.0555. The average molecular weight is 435 g/mol. The maximum absolute atomic E-state index is 13.2. The third kappa shape index (κ3) is 3.07. The highest BCUT2D eigenvalue weighted by molar-refractivity contribution is 6.31. The molecule has 1 spiro atoms. The van der Waals surface area contributed by atoms with Crippen LogP contribution in [0.1, 0.15) is 40.5 Å². The van der Waals surface area contributed by atoms with Gasteiger partial charge in [-0.25, -0.2) is 4.79 Å². The highest BCUT2D eigenvalue weighted by Gasteiger charge is 2.52. The first kappa shape index (κ1) is 18.8. The van der Waals surface area contributed by atoms with Crippen molar-refractivity contribution in [1.82, 2.24) is 20.0 Å². The molecule has 9 heteroatoms. The number of halogens is 2. The molecule has 2 amide bonds. The van der Waals surface area contributed by atoms with Crippen LogP contribution < -0.4 is 5.32 Å². The van der Waals surface area contributed by atoms with Gasteiger partial charge in [-0.1, -0.05) is 23.2 Å². The molecule has 3 aliphatic rings. The van der Waals surface area contributed by atoms with E-state index in [0.717, 1.165) is 24.1 Å². The first-order valence-corrected chi connectivity index (χ1v) is 10.3. The fraction of sp³-hybridized carbons (Fsp3) is 0.450. The fourth-order valence-corrected chi connectivity index (χ4v) is 5.30. The van der Waals surface area contributed by atoms with Gasteiger partial charge in [-0.2, -0.15) is 5.10 Å². The molecule has 0 radical (unpaired) electrons.